The fraction of sp³-hybridized carbons (Fsp3) is 0.889. The summed E-state index contributed by atoms with van der Waals surface area (Å²) in [6, 6.07) is -0.0519. The minimum atomic E-state index is -0.308. The van der Waals surface area contributed by atoms with Gasteiger partial charge in [0.1, 0.15) is 0 Å². The number of amidine groups is 1. The molecule has 14 heavy (non-hydrogen) atoms. The van der Waals surface area contributed by atoms with E-state index in [1.807, 2.05) is 13.8 Å². The van der Waals surface area contributed by atoms with E-state index in [9.17, 15) is 5.11 Å². The van der Waals surface area contributed by atoms with E-state index in [-0.39, 0.29) is 24.0 Å². The first kappa shape index (κ1) is 11.3. The van der Waals surface area contributed by atoms with Crippen LogP contribution in [0.2, 0.25) is 0 Å². The molecule has 82 valence electrons. The Kier molecular flexibility index (Phi) is 3.71. The van der Waals surface area contributed by atoms with Gasteiger partial charge in [-0.15, -0.1) is 0 Å². The van der Waals surface area contributed by atoms with E-state index in [2.05, 4.69) is 10.1 Å². The summed E-state index contributed by atoms with van der Waals surface area (Å²) in [5.41, 5.74) is 5.53. The number of nitrogens with two attached hydrogens (primary N) is 1. The molecule has 0 bridgehead atoms. The summed E-state index contributed by atoms with van der Waals surface area (Å²) in [6.45, 7) is 4.73. The molecular formula is C9H19N3O2. The molecule has 5 nitrogen and oxygen atoms in total. The van der Waals surface area contributed by atoms with Crippen LogP contribution in [-0.2, 0) is 0 Å². The van der Waals surface area contributed by atoms with E-state index >= 15 is 0 Å². The minimum absolute atomic E-state index is 0.0686. The van der Waals surface area contributed by atoms with E-state index < -0.39 is 0 Å². The van der Waals surface area contributed by atoms with Crippen molar-refractivity contribution < 1.29 is 10.3 Å². The quantitative estimate of drug-likeness (QED) is 0.253. The zero-order chi connectivity index (χ0) is 10.7. The SMILES string of the molecule is CC(/C(N)=N/O)N1CCCC(O)C1C. The highest BCUT2D eigenvalue weighted by molar-refractivity contribution is 5.84. The first-order chi connectivity index (χ1) is 6.57. The van der Waals surface area contributed by atoms with Gasteiger partial charge >= 0.3 is 0 Å². The third-order valence-corrected chi connectivity index (χ3v) is 3.04. The van der Waals surface area contributed by atoms with Crippen molar-refractivity contribution in [2.24, 2.45) is 10.9 Å². The van der Waals surface area contributed by atoms with Crippen LogP contribution in [-0.4, -0.2) is 45.8 Å². The average Bonchev–Trinajstić information content (AvgIpc) is 2.20. The maximum atomic E-state index is 9.67. The van der Waals surface area contributed by atoms with Gasteiger partial charge in [-0.05, 0) is 33.2 Å². The van der Waals surface area contributed by atoms with Crippen LogP contribution in [0.5, 0.6) is 0 Å². The molecule has 1 fully saturated rings. The minimum Gasteiger partial charge on any atom is -0.409 e. The van der Waals surface area contributed by atoms with Gasteiger partial charge in [0, 0.05) is 6.04 Å². The van der Waals surface area contributed by atoms with Gasteiger partial charge < -0.3 is 16.0 Å². The molecule has 1 heterocycles. The van der Waals surface area contributed by atoms with E-state index in [4.69, 9.17) is 10.9 Å². The van der Waals surface area contributed by atoms with Crippen molar-refractivity contribution >= 4 is 5.84 Å². The van der Waals surface area contributed by atoms with Crippen molar-refractivity contribution in [2.75, 3.05) is 6.54 Å². The molecule has 1 saturated heterocycles. The standard InChI is InChI=1S/C9H19N3O2/c1-6-8(13)4-3-5-12(6)7(2)9(10)11-14/h6-8,13-14H,3-5H2,1-2H3,(H2,10,11). The topological polar surface area (TPSA) is 82.1 Å². The third kappa shape index (κ3) is 2.16. The third-order valence-electron chi connectivity index (χ3n) is 3.04. The molecule has 0 aromatic heterocycles. The molecule has 0 aromatic carbocycles. The molecule has 0 amide bonds. The molecule has 4 N–H and O–H groups in total. The second kappa shape index (κ2) is 4.61. The van der Waals surface area contributed by atoms with Crippen molar-refractivity contribution in [1.82, 2.24) is 4.90 Å². The van der Waals surface area contributed by atoms with Crippen LogP contribution in [0.4, 0.5) is 0 Å². The summed E-state index contributed by atoms with van der Waals surface area (Å²) in [5, 5.41) is 21.2. The first-order valence-corrected chi connectivity index (χ1v) is 4.99. The van der Waals surface area contributed by atoms with Crippen LogP contribution >= 0.6 is 0 Å². The number of hydrogen-bond acceptors (Lipinski definition) is 4. The molecule has 0 aliphatic carbocycles. The van der Waals surface area contributed by atoms with Crippen LogP contribution < -0.4 is 5.73 Å². The Balaban J connectivity index is 2.66. The maximum Gasteiger partial charge on any atom is 0.156 e. The van der Waals surface area contributed by atoms with Crippen molar-refractivity contribution in [1.29, 1.82) is 0 Å². The molecule has 3 atom stereocenters. The van der Waals surface area contributed by atoms with Crippen molar-refractivity contribution in [3.8, 4) is 0 Å². The zero-order valence-electron chi connectivity index (χ0n) is 8.72. The summed E-state index contributed by atoms with van der Waals surface area (Å²) in [6.07, 6.45) is 1.48. The zero-order valence-corrected chi connectivity index (χ0v) is 8.72. The van der Waals surface area contributed by atoms with Crippen LogP contribution in [0.1, 0.15) is 26.7 Å². The normalized spacial score (nSPS) is 32.9. The first-order valence-electron chi connectivity index (χ1n) is 4.99. The highest BCUT2D eigenvalue weighted by atomic mass is 16.4. The number of hydrogen-bond donors (Lipinski definition) is 3. The van der Waals surface area contributed by atoms with Crippen LogP contribution in [0.25, 0.3) is 0 Å². The number of aliphatic hydroxyl groups is 1. The fourth-order valence-corrected chi connectivity index (χ4v) is 1.95. The molecule has 1 aliphatic heterocycles. The molecule has 1 aliphatic rings. The molecule has 0 aromatic rings. The Morgan fingerprint density at radius 1 is 1.64 bits per heavy atom. The molecule has 1 rings (SSSR count). The highest BCUT2D eigenvalue weighted by Crippen LogP contribution is 2.19. The Bertz CT molecular complexity index is 220. The van der Waals surface area contributed by atoms with E-state index in [0.29, 0.717) is 0 Å². The summed E-state index contributed by atoms with van der Waals surface area (Å²) in [7, 11) is 0. The van der Waals surface area contributed by atoms with Gasteiger partial charge in [-0.25, -0.2) is 0 Å². The molecule has 0 saturated carbocycles. The maximum absolute atomic E-state index is 9.67. The number of likely N-dealkylation sites (tertiary alicyclic amines) is 1. The van der Waals surface area contributed by atoms with Gasteiger partial charge in [0.15, 0.2) is 5.84 Å². The lowest BCUT2D eigenvalue weighted by Crippen LogP contribution is -2.54. The molecule has 0 radical (unpaired) electrons. The van der Waals surface area contributed by atoms with Crippen LogP contribution in [0, 0.1) is 0 Å². The Morgan fingerprint density at radius 2 is 2.29 bits per heavy atom. The Hall–Kier alpha value is -0.810. The summed E-state index contributed by atoms with van der Waals surface area (Å²) < 4.78 is 0. The monoisotopic (exact) mass is 201 g/mol. The van der Waals surface area contributed by atoms with E-state index in [1.165, 1.54) is 0 Å². The summed E-state index contributed by atoms with van der Waals surface area (Å²) in [5.74, 6) is 0.200. The fourth-order valence-electron chi connectivity index (χ4n) is 1.95. The number of nitrogens with zero attached hydrogens (tertiary/aromatic N) is 2. The predicted octanol–water partition coefficient (Wildman–Crippen LogP) is -0.0335. The van der Waals surface area contributed by atoms with Gasteiger partial charge in [0.25, 0.3) is 0 Å². The van der Waals surface area contributed by atoms with E-state index in [1.54, 1.807) is 0 Å². The van der Waals surface area contributed by atoms with Gasteiger partial charge in [-0.3, -0.25) is 4.90 Å². The van der Waals surface area contributed by atoms with Gasteiger partial charge in [-0.2, -0.15) is 0 Å². The largest absolute Gasteiger partial charge is 0.409 e. The second-order valence-electron chi connectivity index (χ2n) is 3.89. The summed E-state index contributed by atoms with van der Waals surface area (Å²) in [4.78, 5) is 2.06. The van der Waals surface area contributed by atoms with Gasteiger partial charge in [0.05, 0.1) is 12.1 Å². The molecule has 0 spiro atoms. The van der Waals surface area contributed by atoms with E-state index in [0.717, 1.165) is 19.4 Å². The van der Waals surface area contributed by atoms with Crippen LogP contribution in [0.15, 0.2) is 5.16 Å². The predicted molar refractivity (Wildman–Crippen MR) is 54.3 cm³/mol. The number of oxime groups is 1. The smallest absolute Gasteiger partial charge is 0.156 e. The van der Waals surface area contributed by atoms with Gasteiger partial charge in [0.2, 0.25) is 0 Å². The Labute approximate surface area is 84.2 Å². The highest BCUT2D eigenvalue weighted by Gasteiger charge is 2.30. The molecule has 5 heteroatoms. The lowest BCUT2D eigenvalue weighted by atomic mass is 9.98. The summed E-state index contributed by atoms with van der Waals surface area (Å²) >= 11 is 0. The molecular weight excluding hydrogens is 182 g/mol. The lowest BCUT2D eigenvalue weighted by Gasteiger charge is -2.40. The Morgan fingerprint density at radius 3 is 2.86 bits per heavy atom. The van der Waals surface area contributed by atoms with Crippen molar-refractivity contribution in [3.63, 3.8) is 0 Å². The number of piperidine rings is 1. The number of rotatable bonds is 2. The van der Waals surface area contributed by atoms with Crippen LogP contribution in [0.3, 0.4) is 0 Å². The van der Waals surface area contributed by atoms with Crippen molar-refractivity contribution in [3.05, 3.63) is 0 Å². The molecule has 3 unspecified atom stereocenters. The van der Waals surface area contributed by atoms with Crippen molar-refractivity contribution in [2.45, 2.75) is 44.9 Å². The number of aliphatic hydroxyl groups excluding tert-OH is 1. The van der Waals surface area contributed by atoms with Gasteiger partial charge in [-0.1, -0.05) is 5.16 Å². The average molecular weight is 201 g/mol. The second-order valence-corrected chi connectivity index (χ2v) is 3.89. The lowest BCUT2D eigenvalue weighted by molar-refractivity contribution is 0.0123.